The third-order valence-corrected chi connectivity index (χ3v) is 5.54. The Hall–Kier alpha value is -3.16. The number of carboxylic acid groups (broad SMARTS) is 1. The van der Waals surface area contributed by atoms with Gasteiger partial charge in [0, 0.05) is 49.4 Å². The van der Waals surface area contributed by atoms with Crippen molar-refractivity contribution in [2.45, 2.75) is 25.8 Å². The highest BCUT2D eigenvalue weighted by Gasteiger charge is 2.29. The molecule has 4 rings (SSSR count). The first kappa shape index (κ1) is 19.2. The molecule has 0 bridgehead atoms. The molecule has 0 radical (unpaired) electrons. The predicted octanol–water partition coefficient (Wildman–Crippen LogP) is 2.40. The fourth-order valence-electron chi connectivity index (χ4n) is 3.83. The second-order valence-electron chi connectivity index (χ2n) is 7.70. The summed E-state index contributed by atoms with van der Waals surface area (Å²) in [6.45, 7) is 7.17. The van der Waals surface area contributed by atoms with Crippen LogP contribution in [0.5, 0.6) is 0 Å². The second kappa shape index (κ2) is 7.02. The van der Waals surface area contributed by atoms with Gasteiger partial charge in [-0.15, -0.1) is 0 Å². The zero-order valence-corrected chi connectivity index (χ0v) is 16.2. The van der Waals surface area contributed by atoms with E-state index in [1.54, 1.807) is 22.5 Å². The van der Waals surface area contributed by atoms with Crippen molar-refractivity contribution in [3.63, 3.8) is 0 Å². The number of hydrogen-bond donors (Lipinski definition) is 1. The summed E-state index contributed by atoms with van der Waals surface area (Å²) in [5.41, 5.74) is 0.351. The van der Waals surface area contributed by atoms with E-state index in [-0.39, 0.29) is 22.9 Å². The Bertz CT molecular complexity index is 1100. The van der Waals surface area contributed by atoms with Crippen LogP contribution in [0.3, 0.4) is 0 Å². The van der Waals surface area contributed by atoms with E-state index in [4.69, 9.17) is 0 Å². The number of carbonyl (C=O) groups is 2. The van der Waals surface area contributed by atoms with Crippen LogP contribution in [-0.2, 0) is 4.79 Å². The van der Waals surface area contributed by atoms with Crippen molar-refractivity contribution < 1.29 is 19.1 Å². The minimum absolute atomic E-state index is 0.0779. The molecule has 7 nitrogen and oxygen atoms in total. The molecule has 2 fully saturated rings. The molecule has 1 aliphatic heterocycles. The first-order valence-corrected chi connectivity index (χ1v) is 9.59. The number of halogens is 1. The summed E-state index contributed by atoms with van der Waals surface area (Å²) in [4.78, 5) is 39.6. The lowest BCUT2D eigenvalue weighted by Gasteiger charge is -2.36. The van der Waals surface area contributed by atoms with Crippen molar-refractivity contribution in [2.75, 3.05) is 31.1 Å². The lowest BCUT2D eigenvalue weighted by molar-refractivity contribution is -0.127. The van der Waals surface area contributed by atoms with E-state index in [9.17, 15) is 23.9 Å². The number of pyridine rings is 1. The lowest BCUT2D eigenvalue weighted by atomic mass is 10.1. The third-order valence-electron chi connectivity index (χ3n) is 5.54. The van der Waals surface area contributed by atoms with Gasteiger partial charge in [0.15, 0.2) is 0 Å². The number of hydrogen-bond acceptors (Lipinski definition) is 4. The van der Waals surface area contributed by atoms with E-state index < -0.39 is 17.2 Å². The molecule has 1 aromatic carbocycles. The van der Waals surface area contributed by atoms with E-state index in [1.807, 2.05) is 4.90 Å². The Balaban J connectivity index is 1.73. The molecule has 1 aliphatic carbocycles. The van der Waals surface area contributed by atoms with Gasteiger partial charge in [0.2, 0.25) is 11.3 Å². The summed E-state index contributed by atoms with van der Waals surface area (Å²) in [6, 6.07) is 2.90. The quantitative estimate of drug-likeness (QED) is 0.799. The highest BCUT2D eigenvalue weighted by molar-refractivity contribution is 5.94. The Morgan fingerprint density at radius 2 is 1.83 bits per heavy atom. The number of aromatic nitrogens is 1. The van der Waals surface area contributed by atoms with E-state index >= 15 is 0 Å². The number of piperazine rings is 1. The van der Waals surface area contributed by atoms with Crippen LogP contribution in [0, 0.1) is 5.82 Å². The molecular weight excluding hydrogens is 377 g/mol. The summed E-state index contributed by atoms with van der Waals surface area (Å²) < 4.78 is 16.7. The van der Waals surface area contributed by atoms with Gasteiger partial charge in [-0.1, -0.05) is 6.58 Å². The third kappa shape index (κ3) is 3.39. The average Bonchev–Trinajstić information content (AvgIpc) is 3.52. The molecule has 0 spiro atoms. The topological polar surface area (TPSA) is 82.8 Å². The molecule has 2 aromatic rings. The van der Waals surface area contributed by atoms with Crippen LogP contribution in [0.25, 0.3) is 10.9 Å². The number of nitrogens with zero attached hydrogens (tertiary/aromatic N) is 3. The molecule has 1 saturated heterocycles. The highest BCUT2D eigenvalue weighted by Crippen LogP contribution is 2.38. The molecule has 2 aliphatic rings. The number of carbonyl (C=O) groups excluding carboxylic acids is 1. The molecular formula is C21H22FN3O4. The lowest BCUT2D eigenvalue weighted by Crippen LogP contribution is -2.49. The molecule has 29 heavy (non-hydrogen) atoms. The number of aromatic carboxylic acids is 1. The van der Waals surface area contributed by atoms with Crippen LogP contribution in [0.2, 0.25) is 0 Å². The number of benzene rings is 1. The molecule has 1 N–H and O–H groups in total. The normalized spacial score (nSPS) is 16.9. The van der Waals surface area contributed by atoms with E-state index in [2.05, 4.69) is 6.58 Å². The Morgan fingerprint density at radius 1 is 1.17 bits per heavy atom. The fourth-order valence-corrected chi connectivity index (χ4v) is 3.83. The second-order valence-corrected chi connectivity index (χ2v) is 7.70. The van der Waals surface area contributed by atoms with Crippen LogP contribution in [-0.4, -0.2) is 52.6 Å². The summed E-state index contributed by atoms with van der Waals surface area (Å²) in [5, 5.41) is 9.41. The van der Waals surface area contributed by atoms with Crippen molar-refractivity contribution in [3.05, 3.63) is 52.1 Å². The Labute approximate surface area is 166 Å². The van der Waals surface area contributed by atoms with Gasteiger partial charge < -0.3 is 19.5 Å². The summed E-state index contributed by atoms with van der Waals surface area (Å²) in [7, 11) is 0. The number of anilines is 1. The van der Waals surface area contributed by atoms with Gasteiger partial charge in [-0.05, 0) is 31.9 Å². The van der Waals surface area contributed by atoms with Crippen LogP contribution in [0.15, 0.2) is 35.3 Å². The predicted molar refractivity (Wildman–Crippen MR) is 107 cm³/mol. The molecule has 1 saturated carbocycles. The largest absolute Gasteiger partial charge is 0.477 e. The molecule has 0 atom stereocenters. The van der Waals surface area contributed by atoms with Crippen molar-refractivity contribution in [1.82, 2.24) is 9.47 Å². The zero-order chi connectivity index (χ0) is 20.9. The SMILES string of the molecule is C=C(C)C(=O)N1CCN(c2cc3c(cc2F)c(=O)c(C(=O)O)cn3C2CC2)CC1. The minimum atomic E-state index is -1.31. The van der Waals surface area contributed by atoms with Gasteiger partial charge in [0.1, 0.15) is 11.4 Å². The van der Waals surface area contributed by atoms with Gasteiger partial charge in [0.25, 0.3) is 0 Å². The maximum atomic E-state index is 14.9. The monoisotopic (exact) mass is 399 g/mol. The van der Waals surface area contributed by atoms with Gasteiger partial charge in [-0.3, -0.25) is 9.59 Å². The number of amides is 1. The van der Waals surface area contributed by atoms with E-state index in [0.717, 1.165) is 18.9 Å². The maximum Gasteiger partial charge on any atom is 0.341 e. The standard InChI is InChI=1S/C21H22FN3O4/c1-12(2)20(27)24-7-5-23(6-8-24)18-10-17-14(9-16(18)22)19(26)15(21(28)29)11-25(17)13-3-4-13/h9-11,13H,1,3-8H2,2H3,(H,28,29). The molecule has 8 heteroatoms. The molecule has 1 aromatic heterocycles. The smallest absolute Gasteiger partial charge is 0.341 e. The first-order chi connectivity index (χ1) is 13.8. The van der Waals surface area contributed by atoms with Crippen molar-refractivity contribution in [1.29, 1.82) is 0 Å². The van der Waals surface area contributed by atoms with Crippen LogP contribution < -0.4 is 10.3 Å². The summed E-state index contributed by atoms with van der Waals surface area (Å²) in [5.74, 6) is -1.99. The van der Waals surface area contributed by atoms with Gasteiger partial charge in [0.05, 0.1) is 11.2 Å². The minimum Gasteiger partial charge on any atom is -0.477 e. The van der Waals surface area contributed by atoms with Gasteiger partial charge >= 0.3 is 5.97 Å². The van der Waals surface area contributed by atoms with Crippen LogP contribution in [0.1, 0.15) is 36.2 Å². The number of carboxylic acids is 1. The van der Waals surface area contributed by atoms with Crippen molar-refractivity contribution in [2.24, 2.45) is 0 Å². The fraction of sp³-hybridized carbons (Fsp3) is 0.381. The Kier molecular flexibility index (Phi) is 4.64. The summed E-state index contributed by atoms with van der Waals surface area (Å²) >= 11 is 0. The maximum absolute atomic E-state index is 14.9. The Morgan fingerprint density at radius 3 is 2.38 bits per heavy atom. The van der Waals surface area contributed by atoms with Gasteiger partial charge in [-0.2, -0.15) is 0 Å². The molecule has 2 heterocycles. The van der Waals surface area contributed by atoms with Crippen molar-refractivity contribution >= 4 is 28.5 Å². The average molecular weight is 399 g/mol. The van der Waals surface area contributed by atoms with Gasteiger partial charge in [-0.25, -0.2) is 9.18 Å². The summed E-state index contributed by atoms with van der Waals surface area (Å²) in [6.07, 6.45) is 3.16. The van der Waals surface area contributed by atoms with Crippen molar-refractivity contribution in [3.8, 4) is 0 Å². The zero-order valence-electron chi connectivity index (χ0n) is 16.2. The van der Waals surface area contributed by atoms with E-state index in [1.165, 1.54) is 6.20 Å². The first-order valence-electron chi connectivity index (χ1n) is 9.59. The molecule has 0 unspecified atom stereocenters. The number of rotatable bonds is 4. The molecule has 1 amide bonds. The van der Waals surface area contributed by atoms with E-state index in [0.29, 0.717) is 43.0 Å². The number of fused-ring (bicyclic) bond motifs is 1. The van der Waals surface area contributed by atoms with Crippen LogP contribution in [0.4, 0.5) is 10.1 Å². The highest BCUT2D eigenvalue weighted by atomic mass is 19.1. The van der Waals surface area contributed by atoms with Crippen LogP contribution >= 0.6 is 0 Å². The molecule has 152 valence electrons.